The van der Waals surface area contributed by atoms with Crippen LogP contribution in [0, 0.1) is 11.8 Å². The van der Waals surface area contributed by atoms with E-state index in [4.69, 9.17) is 4.74 Å². The molecule has 1 aliphatic rings. The summed E-state index contributed by atoms with van der Waals surface area (Å²) in [6.07, 6.45) is 4.87. The van der Waals surface area contributed by atoms with Crippen molar-refractivity contribution in [3.63, 3.8) is 0 Å². The molecule has 1 aliphatic carbocycles. The lowest BCUT2D eigenvalue weighted by Crippen LogP contribution is -2.29. The second kappa shape index (κ2) is 7.54. The van der Waals surface area contributed by atoms with Crippen molar-refractivity contribution in [1.82, 2.24) is 4.98 Å². The Morgan fingerprint density at radius 1 is 1.33 bits per heavy atom. The van der Waals surface area contributed by atoms with Gasteiger partial charge in [-0.3, -0.25) is 9.59 Å². The summed E-state index contributed by atoms with van der Waals surface area (Å²) in [5.41, 5.74) is 0. The van der Waals surface area contributed by atoms with Crippen molar-refractivity contribution in [2.75, 3.05) is 5.32 Å². The van der Waals surface area contributed by atoms with Crippen molar-refractivity contribution in [2.24, 2.45) is 11.8 Å². The quantitative estimate of drug-likeness (QED) is 0.848. The highest BCUT2D eigenvalue weighted by Crippen LogP contribution is 2.31. The van der Waals surface area contributed by atoms with Gasteiger partial charge < -0.3 is 10.1 Å². The van der Waals surface area contributed by atoms with Crippen LogP contribution in [0.3, 0.4) is 0 Å². The fourth-order valence-electron chi connectivity index (χ4n) is 2.53. The van der Waals surface area contributed by atoms with Gasteiger partial charge in [-0.05, 0) is 31.1 Å². The summed E-state index contributed by atoms with van der Waals surface area (Å²) < 4.78 is 5.46. The number of hydrogen-bond donors (Lipinski definition) is 1. The molecular weight excluding hydrogens is 288 g/mol. The van der Waals surface area contributed by atoms with E-state index in [-0.39, 0.29) is 30.8 Å². The molecule has 0 saturated heterocycles. The maximum absolute atomic E-state index is 11.8. The minimum absolute atomic E-state index is 0.0192. The van der Waals surface area contributed by atoms with E-state index in [1.165, 1.54) is 11.3 Å². The molecule has 21 heavy (non-hydrogen) atoms. The van der Waals surface area contributed by atoms with Gasteiger partial charge in [-0.25, -0.2) is 4.98 Å². The second-order valence-electron chi connectivity index (χ2n) is 5.76. The van der Waals surface area contributed by atoms with Crippen LogP contribution < -0.4 is 5.32 Å². The molecule has 0 unspecified atom stereocenters. The van der Waals surface area contributed by atoms with Crippen molar-refractivity contribution in [3.05, 3.63) is 11.6 Å². The molecule has 2 rings (SSSR count). The van der Waals surface area contributed by atoms with E-state index < -0.39 is 0 Å². The van der Waals surface area contributed by atoms with E-state index in [0.29, 0.717) is 17.0 Å². The zero-order valence-corrected chi connectivity index (χ0v) is 13.3. The van der Waals surface area contributed by atoms with E-state index >= 15 is 0 Å². The van der Waals surface area contributed by atoms with E-state index in [1.54, 1.807) is 11.6 Å². The van der Waals surface area contributed by atoms with E-state index in [2.05, 4.69) is 24.1 Å². The van der Waals surface area contributed by atoms with Crippen LogP contribution in [0.15, 0.2) is 11.6 Å². The Morgan fingerprint density at radius 2 is 2.14 bits per heavy atom. The second-order valence-corrected chi connectivity index (χ2v) is 6.66. The third kappa shape index (κ3) is 5.12. The van der Waals surface area contributed by atoms with Gasteiger partial charge in [0.15, 0.2) is 5.13 Å². The van der Waals surface area contributed by atoms with Crippen LogP contribution in [0.1, 0.15) is 46.0 Å². The first-order chi connectivity index (χ1) is 10.0. The monoisotopic (exact) mass is 310 g/mol. The number of hydrogen-bond acceptors (Lipinski definition) is 5. The molecule has 0 aliphatic heterocycles. The van der Waals surface area contributed by atoms with Crippen molar-refractivity contribution in [3.8, 4) is 0 Å². The smallest absolute Gasteiger partial charge is 0.306 e. The molecule has 1 fully saturated rings. The van der Waals surface area contributed by atoms with Gasteiger partial charge in [0.25, 0.3) is 0 Å². The highest BCUT2D eigenvalue weighted by atomic mass is 32.1. The summed E-state index contributed by atoms with van der Waals surface area (Å²) in [4.78, 5) is 27.4. The highest BCUT2D eigenvalue weighted by molar-refractivity contribution is 7.13. The molecule has 1 amide bonds. The van der Waals surface area contributed by atoms with Crippen LogP contribution in [0.2, 0.25) is 0 Å². The third-order valence-electron chi connectivity index (χ3n) is 4.08. The van der Waals surface area contributed by atoms with E-state index in [0.717, 1.165) is 19.3 Å². The van der Waals surface area contributed by atoms with Crippen LogP contribution in [0.25, 0.3) is 0 Å². The average Bonchev–Trinajstić information content (AvgIpc) is 2.93. The molecule has 1 N–H and O–H groups in total. The van der Waals surface area contributed by atoms with Crippen LogP contribution in [0.5, 0.6) is 0 Å². The van der Waals surface area contributed by atoms with Crippen molar-refractivity contribution in [2.45, 2.75) is 52.1 Å². The van der Waals surface area contributed by atoms with Crippen LogP contribution in [0.4, 0.5) is 5.13 Å². The van der Waals surface area contributed by atoms with Gasteiger partial charge in [-0.1, -0.05) is 13.8 Å². The molecule has 0 spiro atoms. The molecule has 1 aromatic heterocycles. The predicted molar refractivity (Wildman–Crippen MR) is 82.0 cm³/mol. The van der Waals surface area contributed by atoms with Gasteiger partial charge in [0, 0.05) is 18.0 Å². The van der Waals surface area contributed by atoms with Gasteiger partial charge in [0.1, 0.15) is 6.10 Å². The standard InChI is InChI=1S/C15H22N2O3S/c1-10-3-4-12(9-11(10)2)20-14(19)6-5-13(18)17-15-16-7-8-21-15/h7-8,10-12H,3-6,9H2,1-2H3,(H,16,17,18)/t10-,11-,12+/m0/s1. The zero-order chi connectivity index (χ0) is 15.2. The molecule has 116 valence electrons. The Bertz CT molecular complexity index is 475. The minimum atomic E-state index is -0.281. The first-order valence-electron chi connectivity index (χ1n) is 7.43. The summed E-state index contributed by atoms with van der Waals surface area (Å²) >= 11 is 1.36. The predicted octanol–water partition coefficient (Wildman–Crippen LogP) is 3.23. The van der Waals surface area contributed by atoms with Crippen molar-refractivity contribution < 1.29 is 14.3 Å². The molecule has 0 bridgehead atoms. The number of amides is 1. The van der Waals surface area contributed by atoms with Gasteiger partial charge in [0.2, 0.25) is 5.91 Å². The number of carbonyl (C=O) groups excluding carboxylic acids is 2. The fraction of sp³-hybridized carbons (Fsp3) is 0.667. The number of aromatic nitrogens is 1. The lowest BCUT2D eigenvalue weighted by molar-refractivity contribution is -0.152. The van der Waals surface area contributed by atoms with Gasteiger partial charge in [-0.15, -0.1) is 11.3 Å². The lowest BCUT2D eigenvalue weighted by Gasteiger charge is -2.31. The number of ether oxygens (including phenoxy) is 1. The van der Waals surface area contributed by atoms with Crippen LogP contribution in [-0.2, 0) is 14.3 Å². The van der Waals surface area contributed by atoms with E-state index in [9.17, 15) is 9.59 Å². The average molecular weight is 310 g/mol. The lowest BCUT2D eigenvalue weighted by atomic mass is 9.80. The number of rotatable bonds is 5. The number of esters is 1. The first kappa shape index (κ1) is 15.9. The van der Waals surface area contributed by atoms with E-state index in [1.807, 2.05) is 0 Å². The first-order valence-corrected chi connectivity index (χ1v) is 8.31. The number of carbonyl (C=O) groups is 2. The summed E-state index contributed by atoms with van der Waals surface area (Å²) in [5, 5.41) is 5.00. The van der Waals surface area contributed by atoms with Crippen LogP contribution >= 0.6 is 11.3 Å². The minimum Gasteiger partial charge on any atom is -0.462 e. The molecule has 1 saturated carbocycles. The van der Waals surface area contributed by atoms with Gasteiger partial charge in [-0.2, -0.15) is 0 Å². The summed E-state index contributed by atoms with van der Waals surface area (Å²) in [6.45, 7) is 4.44. The van der Waals surface area contributed by atoms with Crippen LogP contribution in [-0.4, -0.2) is 23.0 Å². The topological polar surface area (TPSA) is 68.3 Å². The normalized spacial score (nSPS) is 25.3. The number of nitrogens with one attached hydrogen (secondary N) is 1. The number of nitrogens with zero attached hydrogens (tertiary/aromatic N) is 1. The largest absolute Gasteiger partial charge is 0.462 e. The third-order valence-corrected chi connectivity index (χ3v) is 4.77. The van der Waals surface area contributed by atoms with Gasteiger partial charge >= 0.3 is 5.97 Å². The Balaban J connectivity index is 1.66. The number of thiazole rings is 1. The Labute approximate surface area is 129 Å². The summed E-state index contributed by atoms with van der Waals surface area (Å²) in [5.74, 6) is 0.803. The Morgan fingerprint density at radius 3 is 2.81 bits per heavy atom. The molecule has 1 aromatic rings. The fourth-order valence-corrected chi connectivity index (χ4v) is 3.08. The zero-order valence-electron chi connectivity index (χ0n) is 12.5. The summed E-state index contributed by atoms with van der Waals surface area (Å²) in [7, 11) is 0. The molecule has 0 radical (unpaired) electrons. The molecule has 1 heterocycles. The number of anilines is 1. The van der Waals surface area contributed by atoms with Crippen molar-refractivity contribution in [1.29, 1.82) is 0 Å². The maximum atomic E-state index is 11.8. The SMILES string of the molecule is C[C@H]1CC[C@@H](OC(=O)CCC(=O)Nc2nccs2)C[C@@H]1C. The molecular formula is C15H22N2O3S. The highest BCUT2D eigenvalue weighted by Gasteiger charge is 2.27. The maximum Gasteiger partial charge on any atom is 0.306 e. The molecule has 0 aromatic carbocycles. The molecule has 6 heteroatoms. The molecule has 5 nitrogen and oxygen atoms in total. The summed E-state index contributed by atoms with van der Waals surface area (Å²) in [6, 6.07) is 0. The Kier molecular flexibility index (Phi) is 5.73. The Hall–Kier alpha value is -1.43. The molecule has 3 atom stereocenters. The van der Waals surface area contributed by atoms with Gasteiger partial charge in [0.05, 0.1) is 6.42 Å². The van der Waals surface area contributed by atoms with Crippen molar-refractivity contribution >= 4 is 28.3 Å².